The van der Waals surface area contributed by atoms with Crippen LogP contribution in [0.2, 0.25) is 0 Å². The van der Waals surface area contributed by atoms with Crippen molar-refractivity contribution in [2.24, 2.45) is 0 Å². The summed E-state index contributed by atoms with van der Waals surface area (Å²) < 4.78 is 11.3. The van der Waals surface area contributed by atoms with E-state index in [0.29, 0.717) is 23.6 Å². The van der Waals surface area contributed by atoms with Crippen LogP contribution in [0.1, 0.15) is 28.8 Å². The number of likely N-dealkylation sites (N-methyl/N-ethyl adjacent to an activating group) is 1. The summed E-state index contributed by atoms with van der Waals surface area (Å²) in [5.41, 5.74) is 2.31. The summed E-state index contributed by atoms with van der Waals surface area (Å²) in [5.74, 6) is 0.144. The summed E-state index contributed by atoms with van der Waals surface area (Å²) in [6.07, 6.45) is 2.17. The smallest absolute Gasteiger partial charge is 0.254 e. The highest BCUT2D eigenvalue weighted by atomic mass is 16.5. The van der Waals surface area contributed by atoms with Crippen LogP contribution in [-0.4, -0.2) is 49.6 Å². The third-order valence-corrected chi connectivity index (χ3v) is 4.60. The highest BCUT2D eigenvalue weighted by Gasteiger charge is 2.18. The molecule has 2 aromatic rings. The highest BCUT2D eigenvalue weighted by Crippen LogP contribution is 2.18. The number of hydrogen-bond acceptors (Lipinski definition) is 4. The number of benzene rings is 2. The van der Waals surface area contributed by atoms with Crippen LogP contribution < -0.4 is 10.1 Å². The Morgan fingerprint density at radius 2 is 2.00 bits per heavy atom. The van der Waals surface area contributed by atoms with Gasteiger partial charge in [-0.05, 0) is 50.1 Å². The SMILES string of the molecule is Cc1ccc(NC(=O)CN(C)C(=O)c2cccc(OC[C@@H]3CCCO3)c2)cc1. The first-order valence-corrected chi connectivity index (χ1v) is 9.48. The molecular weight excluding hydrogens is 356 g/mol. The van der Waals surface area contributed by atoms with E-state index in [2.05, 4.69) is 5.32 Å². The van der Waals surface area contributed by atoms with Crippen molar-refractivity contribution in [3.8, 4) is 5.75 Å². The van der Waals surface area contributed by atoms with E-state index >= 15 is 0 Å². The van der Waals surface area contributed by atoms with Crippen LogP contribution in [0, 0.1) is 6.92 Å². The summed E-state index contributed by atoms with van der Waals surface area (Å²) in [6, 6.07) is 14.5. The van der Waals surface area contributed by atoms with E-state index in [0.717, 1.165) is 25.0 Å². The van der Waals surface area contributed by atoms with Crippen LogP contribution in [0.4, 0.5) is 5.69 Å². The number of aryl methyl sites for hydroxylation is 1. The normalized spacial score (nSPS) is 15.9. The minimum absolute atomic E-state index is 0.0340. The summed E-state index contributed by atoms with van der Waals surface area (Å²) >= 11 is 0. The van der Waals surface area contributed by atoms with Crippen molar-refractivity contribution in [1.82, 2.24) is 4.90 Å². The van der Waals surface area contributed by atoms with Crippen molar-refractivity contribution in [3.63, 3.8) is 0 Å². The van der Waals surface area contributed by atoms with Gasteiger partial charge >= 0.3 is 0 Å². The quantitative estimate of drug-likeness (QED) is 0.798. The van der Waals surface area contributed by atoms with Crippen LogP contribution in [0.25, 0.3) is 0 Å². The van der Waals surface area contributed by atoms with Crippen molar-refractivity contribution in [2.45, 2.75) is 25.9 Å². The van der Waals surface area contributed by atoms with Gasteiger partial charge in [0.1, 0.15) is 12.4 Å². The van der Waals surface area contributed by atoms with Crippen molar-refractivity contribution in [2.75, 3.05) is 32.1 Å². The zero-order valence-corrected chi connectivity index (χ0v) is 16.3. The minimum atomic E-state index is -0.245. The summed E-state index contributed by atoms with van der Waals surface area (Å²) in [7, 11) is 1.61. The van der Waals surface area contributed by atoms with Gasteiger partial charge in [0.05, 0.1) is 12.6 Å². The van der Waals surface area contributed by atoms with E-state index in [-0.39, 0.29) is 24.5 Å². The molecular formula is C22H26N2O4. The molecule has 0 bridgehead atoms. The van der Waals surface area contributed by atoms with Gasteiger partial charge in [0.25, 0.3) is 5.91 Å². The van der Waals surface area contributed by atoms with Gasteiger partial charge in [-0.15, -0.1) is 0 Å². The molecule has 1 aliphatic heterocycles. The molecule has 28 heavy (non-hydrogen) atoms. The molecule has 6 nitrogen and oxygen atoms in total. The minimum Gasteiger partial charge on any atom is -0.491 e. The van der Waals surface area contributed by atoms with Crippen LogP contribution in [-0.2, 0) is 9.53 Å². The zero-order valence-electron chi connectivity index (χ0n) is 16.3. The molecule has 1 atom stereocenters. The second kappa shape index (κ2) is 9.37. The Hall–Kier alpha value is -2.86. The van der Waals surface area contributed by atoms with Gasteiger partial charge < -0.3 is 19.7 Å². The first-order valence-electron chi connectivity index (χ1n) is 9.48. The van der Waals surface area contributed by atoms with E-state index in [1.54, 1.807) is 25.2 Å². The van der Waals surface area contributed by atoms with Gasteiger partial charge in [-0.3, -0.25) is 9.59 Å². The average molecular weight is 382 g/mol. The number of nitrogens with one attached hydrogen (secondary N) is 1. The molecule has 3 rings (SSSR count). The van der Waals surface area contributed by atoms with Crippen LogP contribution in [0.5, 0.6) is 5.75 Å². The predicted octanol–water partition coefficient (Wildman–Crippen LogP) is 3.26. The summed E-state index contributed by atoms with van der Waals surface area (Å²) in [5, 5.41) is 2.80. The Bertz CT molecular complexity index is 814. The van der Waals surface area contributed by atoms with E-state index in [9.17, 15) is 9.59 Å². The van der Waals surface area contributed by atoms with Crippen LogP contribution >= 0.6 is 0 Å². The molecule has 1 saturated heterocycles. The van der Waals surface area contributed by atoms with Gasteiger partial charge in [-0.25, -0.2) is 0 Å². The van der Waals surface area contributed by atoms with Gasteiger partial charge in [-0.1, -0.05) is 23.8 Å². The Morgan fingerprint density at radius 1 is 1.21 bits per heavy atom. The fourth-order valence-corrected chi connectivity index (χ4v) is 3.03. The fraction of sp³-hybridized carbons (Fsp3) is 0.364. The molecule has 2 aromatic carbocycles. The van der Waals surface area contributed by atoms with Crippen molar-refractivity contribution < 1.29 is 19.1 Å². The number of hydrogen-bond donors (Lipinski definition) is 1. The van der Waals surface area contributed by atoms with E-state index < -0.39 is 0 Å². The van der Waals surface area contributed by atoms with Crippen molar-refractivity contribution >= 4 is 17.5 Å². The lowest BCUT2D eigenvalue weighted by molar-refractivity contribution is -0.116. The van der Waals surface area contributed by atoms with Crippen LogP contribution in [0.15, 0.2) is 48.5 Å². The molecule has 1 fully saturated rings. The number of anilines is 1. The largest absolute Gasteiger partial charge is 0.491 e. The lowest BCUT2D eigenvalue weighted by Crippen LogP contribution is -2.34. The van der Waals surface area contributed by atoms with Crippen molar-refractivity contribution in [1.29, 1.82) is 0 Å². The van der Waals surface area contributed by atoms with Gasteiger partial charge in [0.15, 0.2) is 0 Å². The molecule has 148 valence electrons. The number of ether oxygens (including phenoxy) is 2. The molecule has 6 heteroatoms. The lowest BCUT2D eigenvalue weighted by atomic mass is 10.2. The first-order chi connectivity index (χ1) is 13.5. The molecule has 0 unspecified atom stereocenters. The Balaban J connectivity index is 1.53. The third-order valence-electron chi connectivity index (χ3n) is 4.60. The number of rotatable bonds is 7. The maximum absolute atomic E-state index is 12.7. The van der Waals surface area contributed by atoms with Gasteiger partial charge in [-0.2, -0.15) is 0 Å². The maximum Gasteiger partial charge on any atom is 0.254 e. The number of carbonyl (C=O) groups excluding carboxylic acids is 2. The van der Waals surface area contributed by atoms with E-state index in [4.69, 9.17) is 9.47 Å². The Kier molecular flexibility index (Phi) is 6.66. The van der Waals surface area contributed by atoms with Gasteiger partial charge in [0.2, 0.25) is 5.91 Å². The topological polar surface area (TPSA) is 67.9 Å². The summed E-state index contributed by atoms with van der Waals surface area (Å²) in [4.78, 5) is 26.3. The Labute approximate surface area is 165 Å². The molecule has 1 N–H and O–H groups in total. The molecule has 1 heterocycles. The lowest BCUT2D eigenvalue weighted by Gasteiger charge is -2.18. The first kappa shape index (κ1) is 19.9. The molecule has 0 radical (unpaired) electrons. The monoisotopic (exact) mass is 382 g/mol. The fourth-order valence-electron chi connectivity index (χ4n) is 3.03. The van der Waals surface area contributed by atoms with Crippen molar-refractivity contribution in [3.05, 3.63) is 59.7 Å². The maximum atomic E-state index is 12.7. The second-order valence-electron chi connectivity index (χ2n) is 7.05. The third kappa shape index (κ3) is 5.57. The highest BCUT2D eigenvalue weighted by molar-refractivity contribution is 5.99. The summed E-state index contributed by atoms with van der Waals surface area (Å²) in [6.45, 7) is 3.21. The molecule has 0 saturated carbocycles. The molecule has 2 amide bonds. The molecule has 0 aliphatic carbocycles. The number of amides is 2. The number of nitrogens with zero attached hydrogens (tertiary/aromatic N) is 1. The molecule has 0 spiro atoms. The molecule has 0 aromatic heterocycles. The second-order valence-corrected chi connectivity index (χ2v) is 7.05. The van der Waals surface area contributed by atoms with E-state index in [1.165, 1.54) is 4.90 Å². The zero-order chi connectivity index (χ0) is 19.9. The van der Waals surface area contributed by atoms with Crippen LogP contribution in [0.3, 0.4) is 0 Å². The number of carbonyl (C=O) groups is 2. The van der Waals surface area contributed by atoms with Gasteiger partial charge in [0, 0.05) is 24.9 Å². The predicted molar refractivity (Wildman–Crippen MR) is 108 cm³/mol. The Morgan fingerprint density at radius 3 is 2.71 bits per heavy atom. The average Bonchev–Trinajstić information content (AvgIpc) is 3.21. The standard InChI is InChI=1S/C22H26N2O4/c1-16-8-10-18(11-9-16)23-21(25)14-24(2)22(26)17-5-3-6-19(13-17)28-15-20-7-4-12-27-20/h3,5-6,8-11,13,20H,4,7,12,14-15H2,1-2H3,(H,23,25)/t20-/m0/s1. The molecule has 1 aliphatic rings. The van der Waals surface area contributed by atoms with E-state index in [1.807, 2.05) is 37.3 Å².